The summed E-state index contributed by atoms with van der Waals surface area (Å²) in [6.07, 6.45) is 2.33. The van der Waals surface area contributed by atoms with Crippen molar-refractivity contribution in [2.45, 2.75) is 38.8 Å². The monoisotopic (exact) mass is 296 g/mol. The van der Waals surface area contributed by atoms with Crippen LogP contribution in [0.1, 0.15) is 37.9 Å². The minimum Gasteiger partial charge on any atom is -0.444 e. The van der Waals surface area contributed by atoms with E-state index in [1.807, 2.05) is 0 Å². The fourth-order valence-corrected chi connectivity index (χ4v) is 2.55. The van der Waals surface area contributed by atoms with Crippen molar-refractivity contribution in [3.8, 4) is 0 Å². The van der Waals surface area contributed by atoms with Gasteiger partial charge in [0, 0.05) is 12.1 Å². The molecule has 0 saturated heterocycles. The van der Waals surface area contributed by atoms with E-state index >= 15 is 0 Å². The number of carbonyl (C=O) groups is 2. The van der Waals surface area contributed by atoms with Crippen molar-refractivity contribution < 1.29 is 14.3 Å². The molecule has 1 heterocycles. The highest BCUT2D eigenvalue weighted by molar-refractivity contribution is 6.30. The third kappa shape index (κ3) is 3.10. The van der Waals surface area contributed by atoms with Crippen LogP contribution in [-0.2, 0) is 16.0 Å². The summed E-state index contributed by atoms with van der Waals surface area (Å²) < 4.78 is 5.22. The number of alkyl carbamates (subject to hydrolysis) is 1. The number of nitrogens with zero attached hydrogens (tertiary/aromatic N) is 1. The molecule has 1 aliphatic rings. The molecule has 0 unspecified atom stereocenters. The first kappa shape index (κ1) is 14.8. The third-order valence-corrected chi connectivity index (χ3v) is 3.42. The quantitative estimate of drug-likeness (QED) is 0.673. The number of aldehydes is 1. The van der Waals surface area contributed by atoms with Gasteiger partial charge in [0.2, 0.25) is 0 Å². The maximum absolute atomic E-state index is 11.9. The summed E-state index contributed by atoms with van der Waals surface area (Å²) in [5.41, 5.74) is 1.05. The number of hydrogen-bond acceptors (Lipinski definition) is 4. The van der Waals surface area contributed by atoms with Crippen LogP contribution in [-0.4, -0.2) is 23.0 Å². The molecule has 0 aliphatic heterocycles. The van der Waals surface area contributed by atoms with Crippen LogP contribution in [0.2, 0.25) is 5.15 Å². The number of ether oxygens (including phenoxy) is 1. The van der Waals surface area contributed by atoms with E-state index in [-0.39, 0.29) is 5.92 Å². The Balaban J connectivity index is 2.21. The molecule has 1 aliphatic carbocycles. The summed E-state index contributed by atoms with van der Waals surface area (Å²) in [4.78, 5) is 27.1. The Morgan fingerprint density at radius 2 is 2.25 bits per heavy atom. The number of nitrogens with one attached hydrogen (secondary N) is 1. The molecule has 1 aromatic heterocycles. The zero-order chi connectivity index (χ0) is 14.9. The molecule has 5 nitrogen and oxygen atoms in total. The van der Waals surface area contributed by atoms with Gasteiger partial charge in [0.05, 0.1) is 6.04 Å². The number of carbonyl (C=O) groups excluding carboxylic acids is 2. The van der Waals surface area contributed by atoms with Crippen LogP contribution in [0.3, 0.4) is 0 Å². The molecule has 20 heavy (non-hydrogen) atoms. The Bertz CT molecular complexity index is 540. The van der Waals surface area contributed by atoms with Gasteiger partial charge >= 0.3 is 6.09 Å². The molecule has 0 aromatic carbocycles. The van der Waals surface area contributed by atoms with Crippen LogP contribution in [0.25, 0.3) is 0 Å². The highest BCUT2D eigenvalue weighted by Crippen LogP contribution is 2.37. The lowest BCUT2D eigenvalue weighted by Gasteiger charge is -2.23. The highest BCUT2D eigenvalue weighted by Gasteiger charge is 2.36. The van der Waals surface area contributed by atoms with Crippen LogP contribution in [0, 0.1) is 5.92 Å². The van der Waals surface area contributed by atoms with Crippen LogP contribution >= 0.6 is 11.6 Å². The first-order valence-electron chi connectivity index (χ1n) is 6.40. The average molecular weight is 297 g/mol. The Morgan fingerprint density at radius 1 is 1.55 bits per heavy atom. The summed E-state index contributed by atoms with van der Waals surface area (Å²) in [5.74, 6) is -0.348. The molecule has 1 N–H and O–H groups in total. The van der Waals surface area contributed by atoms with Gasteiger partial charge in [0.25, 0.3) is 0 Å². The second kappa shape index (κ2) is 5.40. The first-order valence-corrected chi connectivity index (χ1v) is 6.77. The van der Waals surface area contributed by atoms with Gasteiger partial charge in [0.15, 0.2) is 0 Å². The van der Waals surface area contributed by atoms with E-state index in [1.54, 1.807) is 33.0 Å². The number of hydrogen-bond donors (Lipinski definition) is 1. The summed E-state index contributed by atoms with van der Waals surface area (Å²) in [6.45, 7) is 5.35. The van der Waals surface area contributed by atoms with Gasteiger partial charge in [-0.25, -0.2) is 9.78 Å². The van der Waals surface area contributed by atoms with E-state index in [2.05, 4.69) is 10.3 Å². The highest BCUT2D eigenvalue weighted by atomic mass is 35.5. The normalized spacial score (nSPS) is 21.2. The van der Waals surface area contributed by atoms with Crippen LogP contribution in [0.15, 0.2) is 12.3 Å². The molecule has 6 heteroatoms. The number of rotatable bonds is 2. The Morgan fingerprint density at radius 3 is 2.85 bits per heavy atom. The molecule has 0 bridgehead atoms. The van der Waals surface area contributed by atoms with Gasteiger partial charge in [-0.05, 0) is 44.4 Å². The van der Waals surface area contributed by atoms with Crippen molar-refractivity contribution in [1.82, 2.24) is 10.3 Å². The SMILES string of the molecule is CC(C)(C)OC(=O)N[C@H]1c2ccnc(Cl)c2C[C@H]1C=O. The van der Waals surface area contributed by atoms with Gasteiger partial charge in [0.1, 0.15) is 17.0 Å². The fraction of sp³-hybridized carbons (Fsp3) is 0.500. The summed E-state index contributed by atoms with van der Waals surface area (Å²) in [5, 5.41) is 3.12. The molecule has 0 saturated carbocycles. The van der Waals surface area contributed by atoms with E-state index in [0.29, 0.717) is 11.6 Å². The average Bonchev–Trinajstić information content (AvgIpc) is 2.67. The van der Waals surface area contributed by atoms with Crippen LogP contribution in [0.4, 0.5) is 4.79 Å². The topological polar surface area (TPSA) is 68.3 Å². The molecule has 1 amide bonds. The number of fused-ring (bicyclic) bond motifs is 1. The van der Waals surface area contributed by atoms with Gasteiger partial charge in [-0.15, -0.1) is 0 Å². The predicted octanol–water partition coefficient (Wildman–Crippen LogP) is 2.67. The largest absolute Gasteiger partial charge is 0.444 e. The van der Waals surface area contributed by atoms with E-state index in [1.165, 1.54) is 0 Å². The molecule has 2 rings (SSSR count). The second-order valence-corrected chi connectivity index (χ2v) is 6.16. The maximum Gasteiger partial charge on any atom is 0.408 e. The Hall–Kier alpha value is -1.62. The van der Waals surface area contributed by atoms with Crippen molar-refractivity contribution in [2.75, 3.05) is 0 Å². The second-order valence-electron chi connectivity index (χ2n) is 5.80. The van der Waals surface area contributed by atoms with E-state index in [0.717, 1.165) is 17.4 Å². The third-order valence-electron chi connectivity index (χ3n) is 3.09. The van der Waals surface area contributed by atoms with Crippen molar-refractivity contribution >= 4 is 24.0 Å². The molecule has 0 fully saturated rings. The first-order chi connectivity index (χ1) is 9.31. The predicted molar refractivity (Wildman–Crippen MR) is 74.6 cm³/mol. The molecule has 2 atom stereocenters. The number of amides is 1. The Labute approximate surface area is 122 Å². The number of halogens is 1. The molecule has 108 valence electrons. The standard InChI is InChI=1S/C14H17ClN2O3/c1-14(2,3)20-13(19)17-11-8(7-18)6-10-9(11)4-5-16-12(10)15/h4-5,7-8,11H,6H2,1-3H3,(H,17,19)/t8-,11+/m0/s1. The lowest BCUT2D eigenvalue weighted by molar-refractivity contribution is -0.111. The van der Waals surface area contributed by atoms with Crippen LogP contribution < -0.4 is 5.32 Å². The summed E-state index contributed by atoms with van der Waals surface area (Å²) in [7, 11) is 0. The van der Waals surface area contributed by atoms with Gasteiger partial charge in [-0.1, -0.05) is 11.6 Å². The zero-order valence-corrected chi connectivity index (χ0v) is 12.4. The lowest BCUT2D eigenvalue weighted by Crippen LogP contribution is -2.36. The Kier molecular flexibility index (Phi) is 3.99. The van der Waals surface area contributed by atoms with Crippen LogP contribution in [0.5, 0.6) is 0 Å². The van der Waals surface area contributed by atoms with Crippen molar-refractivity contribution in [2.24, 2.45) is 5.92 Å². The molecule has 0 radical (unpaired) electrons. The number of aromatic nitrogens is 1. The van der Waals surface area contributed by atoms with E-state index in [9.17, 15) is 9.59 Å². The maximum atomic E-state index is 11.9. The fourth-order valence-electron chi connectivity index (χ4n) is 2.30. The minimum atomic E-state index is -0.585. The molecular formula is C14H17ClN2O3. The van der Waals surface area contributed by atoms with Crippen molar-refractivity contribution in [3.63, 3.8) is 0 Å². The minimum absolute atomic E-state index is 0.348. The summed E-state index contributed by atoms with van der Waals surface area (Å²) in [6, 6.07) is 1.35. The van der Waals surface area contributed by atoms with E-state index in [4.69, 9.17) is 16.3 Å². The van der Waals surface area contributed by atoms with Crippen molar-refractivity contribution in [1.29, 1.82) is 0 Å². The summed E-state index contributed by atoms with van der Waals surface area (Å²) >= 11 is 6.03. The number of pyridine rings is 1. The van der Waals surface area contributed by atoms with Gasteiger partial charge < -0.3 is 14.8 Å². The zero-order valence-electron chi connectivity index (χ0n) is 11.6. The van der Waals surface area contributed by atoms with Gasteiger partial charge in [-0.3, -0.25) is 0 Å². The van der Waals surface area contributed by atoms with Crippen molar-refractivity contribution in [3.05, 3.63) is 28.5 Å². The smallest absolute Gasteiger partial charge is 0.408 e. The van der Waals surface area contributed by atoms with E-state index < -0.39 is 17.7 Å². The molecular weight excluding hydrogens is 280 g/mol. The van der Waals surface area contributed by atoms with Gasteiger partial charge in [-0.2, -0.15) is 0 Å². The molecule has 0 spiro atoms. The molecule has 1 aromatic rings. The lowest BCUT2D eigenvalue weighted by atomic mass is 10.0.